The molecule has 7 heteroatoms. The largest absolute Gasteiger partial charge is 0.424 e. The molecule has 1 aliphatic carbocycles. The van der Waals surface area contributed by atoms with Crippen LogP contribution in [-0.4, -0.2) is 31.0 Å². The molecule has 1 saturated carbocycles. The third-order valence-electron chi connectivity index (χ3n) is 4.17. The van der Waals surface area contributed by atoms with Crippen molar-refractivity contribution in [2.24, 2.45) is 0 Å². The molecule has 2 aromatic rings. The summed E-state index contributed by atoms with van der Waals surface area (Å²) in [4.78, 5) is 4.53. The van der Waals surface area contributed by atoms with Crippen molar-refractivity contribution >= 4 is 0 Å². The Morgan fingerprint density at radius 1 is 1.29 bits per heavy atom. The molecule has 112 valence electrons. The van der Waals surface area contributed by atoms with Crippen molar-refractivity contribution in [1.82, 2.24) is 30.3 Å². The van der Waals surface area contributed by atoms with Gasteiger partial charge < -0.3 is 9.73 Å². The van der Waals surface area contributed by atoms with Gasteiger partial charge in [0, 0.05) is 24.8 Å². The predicted octanol–water partition coefficient (Wildman–Crippen LogP) is 1.21. The Bertz CT molecular complexity index is 629. The van der Waals surface area contributed by atoms with Crippen molar-refractivity contribution in [3.05, 3.63) is 23.4 Å². The highest BCUT2D eigenvalue weighted by molar-refractivity contribution is 5.01. The first-order valence-corrected chi connectivity index (χ1v) is 7.80. The van der Waals surface area contributed by atoms with E-state index < -0.39 is 0 Å². The smallest absolute Gasteiger partial charge is 0.230 e. The summed E-state index contributed by atoms with van der Waals surface area (Å²) >= 11 is 0. The number of fused-ring (bicyclic) bond motifs is 1. The Balaban J connectivity index is 1.34. The van der Waals surface area contributed by atoms with Crippen molar-refractivity contribution in [2.75, 3.05) is 0 Å². The minimum Gasteiger partial charge on any atom is -0.424 e. The lowest BCUT2D eigenvalue weighted by Crippen LogP contribution is -2.37. The molecule has 0 aromatic carbocycles. The highest BCUT2D eigenvalue weighted by atomic mass is 16.4. The fraction of sp³-hybridized carbons (Fsp3) is 0.714. The minimum absolute atomic E-state index is 0.389. The van der Waals surface area contributed by atoms with Gasteiger partial charge in [-0.1, -0.05) is 6.92 Å². The van der Waals surface area contributed by atoms with Gasteiger partial charge in [0.2, 0.25) is 11.8 Å². The number of hydrogen-bond donors (Lipinski definition) is 1. The molecule has 0 bridgehead atoms. The number of aromatic nitrogens is 5. The summed E-state index contributed by atoms with van der Waals surface area (Å²) in [5.41, 5.74) is 0. The fourth-order valence-corrected chi connectivity index (χ4v) is 2.74. The van der Waals surface area contributed by atoms with E-state index in [-0.39, 0.29) is 0 Å². The van der Waals surface area contributed by atoms with Crippen molar-refractivity contribution in [3.63, 3.8) is 0 Å². The van der Waals surface area contributed by atoms with E-state index in [0.29, 0.717) is 24.4 Å². The number of aryl methyl sites for hydroxylation is 2. The van der Waals surface area contributed by atoms with Crippen LogP contribution in [0.15, 0.2) is 4.42 Å². The molecule has 7 nitrogen and oxygen atoms in total. The summed E-state index contributed by atoms with van der Waals surface area (Å²) in [5.74, 6) is 4.07. The molecule has 21 heavy (non-hydrogen) atoms. The van der Waals surface area contributed by atoms with Crippen molar-refractivity contribution < 1.29 is 4.42 Å². The van der Waals surface area contributed by atoms with Crippen LogP contribution in [0.25, 0.3) is 0 Å². The van der Waals surface area contributed by atoms with Crippen LogP contribution in [0.5, 0.6) is 0 Å². The summed E-state index contributed by atoms with van der Waals surface area (Å²) < 4.78 is 7.70. The third kappa shape index (κ3) is 2.70. The molecule has 1 unspecified atom stereocenters. The molecular formula is C14H20N6O. The zero-order valence-corrected chi connectivity index (χ0v) is 12.2. The quantitative estimate of drug-likeness (QED) is 0.890. The maximum atomic E-state index is 5.67. The standard InChI is InChI=1S/C14H20N6O/c1-2-11-16-12-6-5-10(8-20(12)19-11)15-7-13-17-18-14(21-13)9-3-4-9/h9-10,15H,2-8H2,1H3. The Labute approximate surface area is 123 Å². The van der Waals surface area contributed by atoms with Gasteiger partial charge in [-0.25, -0.2) is 9.67 Å². The molecule has 4 rings (SSSR count). The van der Waals surface area contributed by atoms with E-state index in [1.807, 2.05) is 4.68 Å². The van der Waals surface area contributed by atoms with E-state index in [0.717, 1.165) is 43.3 Å². The maximum absolute atomic E-state index is 5.67. The normalized spacial score (nSPS) is 21.5. The molecular weight excluding hydrogens is 268 g/mol. The predicted molar refractivity (Wildman–Crippen MR) is 74.6 cm³/mol. The van der Waals surface area contributed by atoms with Crippen molar-refractivity contribution in [2.45, 2.75) is 64.1 Å². The average Bonchev–Trinajstić information content (AvgIpc) is 3.11. The zero-order chi connectivity index (χ0) is 14.2. The second kappa shape index (κ2) is 5.22. The maximum Gasteiger partial charge on any atom is 0.230 e. The van der Waals surface area contributed by atoms with Crippen molar-refractivity contribution in [1.29, 1.82) is 0 Å². The van der Waals surface area contributed by atoms with E-state index >= 15 is 0 Å². The molecule has 1 aliphatic heterocycles. The first-order valence-electron chi connectivity index (χ1n) is 7.80. The van der Waals surface area contributed by atoms with E-state index in [1.54, 1.807) is 0 Å². The van der Waals surface area contributed by atoms with E-state index in [9.17, 15) is 0 Å². The molecule has 3 heterocycles. The number of nitrogens with zero attached hydrogens (tertiary/aromatic N) is 5. The summed E-state index contributed by atoms with van der Waals surface area (Å²) in [7, 11) is 0. The molecule has 0 radical (unpaired) electrons. The van der Waals surface area contributed by atoms with Crippen LogP contribution in [0.3, 0.4) is 0 Å². The Kier molecular flexibility index (Phi) is 3.21. The number of rotatable bonds is 5. The second-order valence-corrected chi connectivity index (χ2v) is 5.90. The third-order valence-corrected chi connectivity index (χ3v) is 4.17. The van der Waals surface area contributed by atoms with Gasteiger partial charge in [-0.3, -0.25) is 0 Å². The lowest BCUT2D eigenvalue weighted by atomic mass is 10.1. The molecule has 0 amide bonds. The number of hydrogen-bond acceptors (Lipinski definition) is 6. The summed E-state index contributed by atoms with van der Waals surface area (Å²) in [6, 6.07) is 0.389. The molecule has 0 saturated heterocycles. The van der Waals surface area contributed by atoms with E-state index in [1.165, 1.54) is 12.8 Å². The summed E-state index contributed by atoms with van der Waals surface area (Å²) in [6.45, 7) is 3.59. The number of nitrogens with one attached hydrogen (secondary N) is 1. The first kappa shape index (κ1) is 12.9. The Morgan fingerprint density at radius 3 is 3.00 bits per heavy atom. The highest BCUT2D eigenvalue weighted by Crippen LogP contribution is 2.38. The van der Waals surface area contributed by atoms with E-state index in [4.69, 9.17) is 4.42 Å². The minimum atomic E-state index is 0.389. The first-order chi connectivity index (χ1) is 10.3. The summed E-state index contributed by atoms with van der Waals surface area (Å²) in [5, 5.41) is 16.2. The van der Waals surface area contributed by atoms with Crippen LogP contribution in [0.1, 0.15) is 55.5 Å². The van der Waals surface area contributed by atoms with Gasteiger partial charge in [-0.15, -0.1) is 10.2 Å². The fourth-order valence-electron chi connectivity index (χ4n) is 2.74. The lowest BCUT2D eigenvalue weighted by molar-refractivity contribution is 0.337. The molecule has 1 fully saturated rings. The Morgan fingerprint density at radius 2 is 2.19 bits per heavy atom. The van der Waals surface area contributed by atoms with Gasteiger partial charge >= 0.3 is 0 Å². The van der Waals surface area contributed by atoms with Gasteiger partial charge in [-0.2, -0.15) is 5.10 Å². The van der Waals surface area contributed by atoms with Gasteiger partial charge in [0.05, 0.1) is 13.1 Å². The van der Waals surface area contributed by atoms with E-state index in [2.05, 4.69) is 32.5 Å². The average molecular weight is 288 g/mol. The second-order valence-electron chi connectivity index (χ2n) is 5.90. The molecule has 2 aromatic heterocycles. The van der Waals surface area contributed by atoms with Gasteiger partial charge in [0.25, 0.3) is 0 Å². The highest BCUT2D eigenvalue weighted by Gasteiger charge is 2.29. The monoisotopic (exact) mass is 288 g/mol. The topological polar surface area (TPSA) is 81.7 Å². The van der Waals surface area contributed by atoms with Crippen molar-refractivity contribution in [3.8, 4) is 0 Å². The van der Waals surface area contributed by atoms with Gasteiger partial charge in [-0.05, 0) is 19.3 Å². The Hall–Kier alpha value is -1.76. The zero-order valence-electron chi connectivity index (χ0n) is 12.2. The summed E-state index contributed by atoms with van der Waals surface area (Å²) in [6.07, 6.45) is 5.32. The molecule has 1 N–H and O–H groups in total. The molecule has 2 aliphatic rings. The van der Waals surface area contributed by atoms with Crippen LogP contribution >= 0.6 is 0 Å². The SMILES string of the molecule is CCc1nc2n(n1)CC(NCc1nnc(C3CC3)o1)CC2. The van der Waals surface area contributed by atoms with Crippen LogP contribution in [0.4, 0.5) is 0 Å². The lowest BCUT2D eigenvalue weighted by Gasteiger charge is -2.22. The van der Waals surface area contributed by atoms with Crippen LogP contribution in [-0.2, 0) is 25.9 Å². The van der Waals surface area contributed by atoms with Crippen LogP contribution < -0.4 is 5.32 Å². The van der Waals surface area contributed by atoms with Crippen LogP contribution in [0.2, 0.25) is 0 Å². The van der Waals surface area contributed by atoms with Gasteiger partial charge in [0.1, 0.15) is 5.82 Å². The molecule has 0 spiro atoms. The van der Waals surface area contributed by atoms with Crippen LogP contribution in [0, 0.1) is 0 Å². The molecule has 1 atom stereocenters. The van der Waals surface area contributed by atoms with Gasteiger partial charge in [0.15, 0.2) is 5.82 Å².